The van der Waals surface area contributed by atoms with Crippen molar-refractivity contribution in [2.75, 3.05) is 31.7 Å². The summed E-state index contributed by atoms with van der Waals surface area (Å²) in [5.74, 6) is 0.252. The van der Waals surface area contributed by atoms with Crippen LogP contribution in [0.5, 0.6) is 5.75 Å². The van der Waals surface area contributed by atoms with Crippen molar-refractivity contribution in [3.8, 4) is 17.0 Å². The summed E-state index contributed by atoms with van der Waals surface area (Å²) >= 11 is 0. The lowest BCUT2D eigenvalue weighted by Gasteiger charge is -2.27. The molecule has 0 aliphatic carbocycles. The Kier molecular flexibility index (Phi) is 7.16. The highest BCUT2D eigenvalue weighted by molar-refractivity contribution is 5.74. The number of aryl methyl sites for hydroxylation is 1. The molecule has 2 N–H and O–H groups in total. The molecule has 8 heteroatoms. The molecular formula is C28H32N4O4. The molecule has 0 amide bonds. The third kappa shape index (κ3) is 4.92. The first-order valence-electron chi connectivity index (χ1n) is 12.4. The fraction of sp³-hybridized carbons (Fsp3) is 0.393. The number of aliphatic carboxylic acids is 1. The summed E-state index contributed by atoms with van der Waals surface area (Å²) in [5, 5.41) is 13.0. The minimum atomic E-state index is -0.794. The quantitative estimate of drug-likeness (QED) is 0.497. The maximum Gasteiger partial charge on any atom is 0.308 e. The van der Waals surface area contributed by atoms with E-state index < -0.39 is 11.9 Å². The Balaban J connectivity index is 1.40. The number of nitrogens with one attached hydrogen (secondary N) is 1. The van der Waals surface area contributed by atoms with Crippen molar-refractivity contribution in [1.82, 2.24) is 15.3 Å². The van der Waals surface area contributed by atoms with Crippen molar-refractivity contribution in [2.45, 2.75) is 39.0 Å². The molecule has 0 saturated carbocycles. The molecule has 188 valence electrons. The molecule has 4 heterocycles. The second kappa shape index (κ2) is 10.6. The van der Waals surface area contributed by atoms with Crippen molar-refractivity contribution >= 4 is 11.8 Å². The summed E-state index contributed by atoms with van der Waals surface area (Å²) in [6, 6.07) is 15.8. The molecule has 2 aromatic heterocycles. The predicted octanol–water partition coefficient (Wildman–Crippen LogP) is 3.60. The molecule has 0 spiro atoms. The van der Waals surface area contributed by atoms with Crippen LogP contribution in [-0.4, -0.2) is 53.9 Å². The first-order valence-corrected chi connectivity index (χ1v) is 12.4. The molecule has 8 nitrogen and oxygen atoms in total. The van der Waals surface area contributed by atoms with Gasteiger partial charge in [-0.15, -0.1) is 0 Å². The van der Waals surface area contributed by atoms with E-state index in [0.717, 1.165) is 59.3 Å². The number of carboxylic acids is 1. The number of rotatable bonds is 8. The number of ether oxygens (including phenoxy) is 2. The number of carbonyl (C=O) groups is 1. The van der Waals surface area contributed by atoms with Crippen LogP contribution in [-0.2, 0) is 29.1 Å². The van der Waals surface area contributed by atoms with Crippen LogP contribution in [0.3, 0.4) is 0 Å². The third-order valence-electron chi connectivity index (χ3n) is 7.06. The summed E-state index contributed by atoms with van der Waals surface area (Å²) < 4.78 is 11.7. The topological polar surface area (TPSA) is 96.8 Å². The first kappa shape index (κ1) is 24.2. The van der Waals surface area contributed by atoms with Crippen molar-refractivity contribution in [3.05, 3.63) is 71.0 Å². The Morgan fingerprint density at radius 2 is 2.03 bits per heavy atom. The SMILES string of the molecule is COC[C@@H]1[C@H](C(=O)O)CCN1c1cccc(-c2cccc(C)c2OCc2ccc3c(n2)CCNC3)n1. The third-order valence-corrected chi connectivity index (χ3v) is 7.06. The molecule has 0 unspecified atom stereocenters. The fourth-order valence-corrected chi connectivity index (χ4v) is 5.19. The second-order valence-electron chi connectivity index (χ2n) is 9.41. The van der Waals surface area contributed by atoms with Crippen LogP contribution in [0, 0.1) is 12.8 Å². The number of carboxylic acid groups (broad SMARTS) is 1. The van der Waals surface area contributed by atoms with E-state index in [2.05, 4.69) is 11.4 Å². The largest absolute Gasteiger partial charge is 0.486 e. The predicted molar refractivity (Wildman–Crippen MR) is 137 cm³/mol. The van der Waals surface area contributed by atoms with E-state index in [4.69, 9.17) is 19.4 Å². The molecule has 1 aromatic carbocycles. The Morgan fingerprint density at radius 1 is 1.17 bits per heavy atom. The number of benzene rings is 1. The summed E-state index contributed by atoms with van der Waals surface area (Å²) in [6.45, 7) is 5.18. The van der Waals surface area contributed by atoms with Gasteiger partial charge >= 0.3 is 5.97 Å². The number of hydrogen-bond acceptors (Lipinski definition) is 7. The number of methoxy groups -OCH3 is 1. The molecule has 1 fully saturated rings. The average Bonchev–Trinajstić information content (AvgIpc) is 3.32. The molecule has 0 radical (unpaired) electrons. The molecule has 0 bridgehead atoms. The van der Waals surface area contributed by atoms with E-state index in [1.807, 2.05) is 54.3 Å². The van der Waals surface area contributed by atoms with Crippen molar-refractivity contribution in [2.24, 2.45) is 5.92 Å². The minimum Gasteiger partial charge on any atom is -0.486 e. The van der Waals surface area contributed by atoms with Gasteiger partial charge in [0.25, 0.3) is 0 Å². The van der Waals surface area contributed by atoms with Gasteiger partial charge in [0.2, 0.25) is 0 Å². The van der Waals surface area contributed by atoms with Crippen molar-refractivity contribution in [1.29, 1.82) is 0 Å². The fourth-order valence-electron chi connectivity index (χ4n) is 5.19. The zero-order valence-electron chi connectivity index (χ0n) is 20.7. The van der Waals surface area contributed by atoms with Gasteiger partial charge < -0.3 is 24.8 Å². The number of para-hydroxylation sites is 1. The molecular weight excluding hydrogens is 456 g/mol. The summed E-state index contributed by atoms with van der Waals surface area (Å²) in [4.78, 5) is 23.6. The van der Waals surface area contributed by atoms with E-state index in [9.17, 15) is 9.90 Å². The first-order chi connectivity index (χ1) is 17.5. The lowest BCUT2D eigenvalue weighted by atomic mass is 10.0. The standard InChI is InChI=1S/C28H32N4O4/c1-18-5-3-6-21(27(18)36-16-20-10-9-19-15-29-13-11-23(19)30-20)24-7-4-8-26(31-24)32-14-12-22(28(33)34)25(32)17-35-2/h3-10,22,25,29H,11-17H2,1-2H3,(H,33,34)/t22-,25-/m1/s1. The smallest absolute Gasteiger partial charge is 0.308 e. The maximum atomic E-state index is 11.8. The normalized spacial score (nSPS) is 19.2. The van der Waals surface area contributed by atoms with Gasteiger partial charge in [0.05, 0.1) is 30.0 Å². The van der Waals surface area contributed by atoms with Gasteiger partial charge in [-0.1, -0.05) is 24.3 Å². The molecule has 1 saturated heterocycles. The monoisotopic (exact) mass is 488 g/mol. The van der Waals surface area contributed by atoms with Crippen LogP contribution >= 0.6 is 0 Å². The van der Waals surface area contributed by atoms with E-state index in [-0.39, 0.29) is 6.04 Å². The van der Waals surface area contributed by atoms with Crippen LogP contribution < -0.4 is 15.0 Å². The summed E-state index contributed by atoms with van der Waals surface area (Å²) in [6.07, 6.45) is 1.50. The van der Waals surface area contributed by atoms with Gasteiger partial charge in [-0.05, 0) is 48.7 Å². The van der Waals surface area contributed by atoms with Gasteiger partial charge in [0.1, 0.15) is 18.2 Å². The number of fused-ring (bicyclic) bond motifs is 1. The van der Waals surface area contributed by atoms with Gasteiger partial charge in [-0.25, -0.2) is 4.98 Å². The van der Waals surface area contributed by atoms with E-state index in [1.54, 1.807) is 7.11 Å². The zero-order valence-corrected chi connectivity index (χ0v) is 20.7. The Labute approximate surface area is 211 Å². The molecule has 5 rings (SSSR count). The molecule has 2 atom stereocenters. The summed E-state index contributed by atoms with van der Waals surface area (Å²) in [5.41, 5.74) is 6.01. The van der Waals surface area contributed by atoms with E-state index >= 15 is 0 Å². The molecule has 2 aliphatic rings. The number of hydrogen-bond donors (Lipinski definition) is 2. The second-order valence-corrected chi connectivity index (χ2v) is 9.41. The highest BCUT2D eigenvalue weighted by Gasteiger charge is 2.39. The highest BCUT2D eigenvalue weighted by atomic mass is 16.5. The van der Waals surface area contributed by atoms with Crippen molar-refractivity contribution in [3.63, 3.8) is 0 Å². The van der Waals surface area contributed by atoms with Gasteiger partial charge in [0.15, 0.2) is 0 Å². The Hall–Kier alpha value is -3.49. The van der Waals surface area contributed by atoms with E-state index in [0.29, 0.717) is 26.2 Å². The molecule has 3 aromatic rings. The van der Waals surface area contributed by atoms with Gasteiger partial charge in [-0.3, -0.25) is 9.78 Å². The molecule has 2 aliphatic heterocycles. The lowest BCUT2D eigenvalue weighted by Crippen LogP contribution is -2.39. The number of anilines is 1. The van der Waals surface area contributed by atoms with Crippen LogP contribution in [0.15, 0.2) is 48.5 Å². The van der Waals surface area contributed by atoms with Gasteiger partial charge in [0, 0.05) is 44.4 Å². The Morgan fingerprint density at radius 3 is 2.86 bits per heavy atom. The van der Waals surface area contributed by atoms with Crippen LogP contribution in [0.1, 0.15) is 28.9 Å². The maximum absolute atomic E-state index is 11.8. The Bertz CT molecular complexity index is 1250. The number of nitrogens with zero attached hydrogens (tertiary/aromatic N) is 3. The van der Waals surface area contributed by atoms with Gasteiger partial charge in [-0.2, -0.15) is 0 Å². The van der Waals surface area contributed by atoms with Crippen LogP contribution in [0.2, 0.25) is 0 Å². The number of aromatic nitrogens is 2. The minimum absolute atomic E-state index is 0.256. The van der Waals surface area contributed by atoms with Crippen LogP contribution in [0.25, 0.3) is 11.3 Å². The zero-order chi connectivity index (χ0) is 25.1. The summed E-state index contributed by atoms with van der Waals surface area (Å²) in [7, 11) is 1.60. The highest BCUT2D eigenvalue weighted by Crippen LogP contribution is 2.35. The average molecular weight is 489 g/mol. The van der Waals surface area contributed by atoms with Crippen LogP contribution in [0.4, 0.5) is 5.82 Å². The lowest BCUT2D eigenvalue weighted by molar-refractivity contribution is -0.142. The number of pyridine rings is 2. The van der Waals surface area contributed by atoms with E-state index in [1.165, 1.54) is 5.56 Å². The van der Waals surface area contributed by atoms with Crippen molar-refractivity contribution < 1.29 is 19.4 Å². The molecule has 36 heavy (non-hydrogen) atoms.